The molecule has 1 aliphatic heterocycles. The third kappa shape index (κ3) is 3.49. The molecule has 2 fully saturated rings. The van der Waals surface area contributed by atoms with Crippen LogP contribution in [0, 0.1) is 5.92 Å². The van der Waals surface area contributed by atoms with Crippen molar-refractivity contribution in [3.05, 3.63) is 47.2 Å². The van der Waals surface area contributed by atoms with Gasteiger partial charge in [-0.1, -0.05) is 11.6 Å². The number of nitrogens with one attached hydrogen (secondary N) is 2. The fourth-order valence-electron chi connectivity index (χ4n) is 3.42. The molecule has 4 rings (SSSR count). The number of benzene rings is 1. The lowest BCUT2D eigenvalue weighted by Gasteiger charge is -2.20. The summed E-state index contributed by atoms with van der Waals surface area (Å²) in [5, 5.41) is 6.05. The minimum Gasteiger partial charge on any atom is -0.459 e. The van der Waals surface area contributed by atoms with Crippen LogP contribution in [-0.4, -0.2) is 34.8 Å². The maximum atomic E-state index is 12.5. The van der Waals surface area contributed by atoms with Gasteiger partial charge in [0.05, 0.1) is 6.54 Å². The number of furan rings is 1. The summed E-state index contributed by atoms with van der Waals surface area (Å²) in [6.45, 7) is 1.58. The van der Waals surface area contributed by atoms with Crippen molar-refractivity contribution in [1.82, 2.24) is 15.5 Å². The molecule has 2 N–H and O–H groups in total. The Kier molecular flexibility index (Phi) is 4.63. The van der Waals surface area contributed by atoms with E-state index in [0.717, 1.165) is 23.3 Å². The van der Waals surface area contributed by atoms with Crippen LogP contribution in [0.4, 0.5) is 4.79 Å². The van der Waals surface area contributed by atoms with E-state index in [0.29, 0.717) is 16.5 Å². The molecular formula is C20H20ClN3O4. The number of imide groups is 1. The van der Waals surface area contributed by atoms with Crippen molar-refractivity contribution < 1.29 is 18.8 Å². The highest BCUT2D eigenvalue weighted by atomic mass is 35.5. The van der Waals surface area contributed by atoms with E-state index in [-0.39, 0.29) is 24.9 Å². The Morgan fingerprint density at radius 3 is 2.64 bits per heavy atom. The van der Waals surface area contributed by atoms with Crippen molar-refractivity contribution in [2.75, 3.05) is 6.54 Å². The number of carbonyl (C=O) groups is 3. The number of rotatable bonds is 6. The molecule has 1 saturated heterocycles. The van der Waals surface area contributed by atoms with Gasteiger partial charge in [0.15, 0.2) is 0 Å². The molecule has 1 aromatic carbocycles. The van der Waals surface area contributed by atoms with Gasteiger partial charge in [-0.25, -0.2) is 4.79 Å². The quantitative estimate of drug-likeness (QED) is 0.728. The van der Waals surface area contributed by atoms with Gasteiger partial charge >= 0.3 is 6.03 Å². The number of halogens is 1. The Hall–Kier alpha value is -2.80. The maximum absolute atomic E-state index is 12.5. The van der Waals surface area contributed by atoms with Crippen molar-refractivity contribution in [2.45, 2.75) is 31.8 Å². The number of nitrogens with zero attached hydrogens (tertiary/aromatic N) is 1. The Labute approximate surface area is 167 Å². The summed E-state index contributed by atoms with van der Waals surface area (Å²) in [7, 11) is 0. The van der Waals surface area contributed by atoms with E-state index < -0.39 is 17.5 Å². The van der Waals surface area contributed by atoms with Crippen molar-refractivity contribution in [2.24, 2.45) is 5.92 Å². The molecule has 1 aliphatic carbocycles. The average molecular weight is 402 g/mol. The smallest absolute Gasteiger partial charge is 0.325 e. The summed E-state index contributed by atoms with van der Waals surface area (Å²) < 4.78 is 5.73. The van der Waals surface area contributed by atoms with Gasteiger partial charge in [-0.15, -0.1) is 0 Å². The molecule has 28 heavy (non-hydrogen) atoms. The van der Waals surface area contributed by atoms with Gasteiger partial charge < -0.3 is 15.1 Å². The van der Waals surface area contributed by atoms with Crippen LogP contribution in [-0.2, 0) is 16.1 Å². The van der Waals surface area contributed by atoms with Crippen LogP contribution in [0.1, 0.15) is 25.5 Å². The molecule has 0 spiro atoms. The molecule has 1 aromatic heterocycles. The largest absolute Gasteiger partial charge is 0.459 e. The molecule has 2 aliphatic rings. The normalized spacial score (nSPS) is 21.7. The van der Waals surface area contributed by atoms with E-state index in [2.05, 4.69) is 10.6 Å². The highest BCUT2D eigenvalue weighted by Gasteiger charge is 2.56. The van der Waals surface area contributed by atoms with Crippen molar-refractivity contribution in [3.63, 3.8) is 0 Å². The summed E-state index contributed by atoms with van der Waals surface area (Å²) in [4.78, 5) is 37.9. The van der Waals surface area contributed by atoms with Crippen molar-refractivity contribution in [3.8, 4) is 11.3 Å². The van der Waals surface area contributed by atoms with Gasteiger partial charge in [-0.05, 0) is 62.1 Å². The molecular weight excluding hydrogens is 382 g/mol. The lowest BCUT2D eigenvalue weighted by Crippen LogP contribution is -2.46. The molecule has 1 unspecified atom stereocenters. The molecule has 4 amide bonds. The SMILES string of the molecule is CC1(C2CC2)NC(=O)N(CC(=O)NCc2ccc(-c3ccc(Cl)cc3)o2)C1=O. The first kappa shape index (κ1) is 18.6. The van der Waals surface area contributed by atoms with Crippen LogP contribution in [0.15, 0.2) is 40.8 Å². The first-order valence-electron chi connectivity index (χ1n) is 9.12. The monoisotopic (exact) mass is 401 g/mol. The first-order valence-corrected chi connectivity index (χ1v) is 9.50. The number of hydrogen-bond acceptors (Lipinski definition) is 4. The van der Waals surface area contributed by atoms with Crippen LogP contribution in [0.3, 0.4) is 0 Å². The molecule has 1 atom stereocenters. The van der Waals surface area contributed by atoms with Gasteiger partial charge in [0.2, 0.25) is 5.91 Å². The van der Waals surface area contributed by atoms with Crippen LogP contribution < -0.4 is 10.6 Å². The summed E-state index contributed by atoms with van der Waals surface area (Å²) in [6, 6.07) is 10.3. The number of hydrogen-bond donors (Lipinski definition) is 2. The second-order valence-corrected chi connectivity index (χ2v) is 7.78. The van der Waals surface area contributed by atoms with Crippen LogP contribution in [0.2, 0.25) is 5.02 Å². The molecule has 1 saturated carbocycles. The lowest BCUT2D eigenvalue weighted by atomic mass is 9.96. The molecule has 146 valence electrons. The van der Waals surface area contributed by atoms with Crippen LogP contribution >= 0.6 is 11.6 Å². The standard InChI is InChI=1S/C20H20ClN3O4/c1-20(13-4-5-13)18(26)24(19(27)23-20)11-17(25)22-10-15-8-9-16(28-15)12-2-6-14(21)7-3-12/h2-3,6-9,13H,4-5,10-11H2,1H3,(H,22,25)(H,23,27). The lowest BCUT2D eigenvalue weighted by molar-refractivity contribution is -0.135. The number of carbonyl (C=O) groups excluding carboxylic acids is 3. The van der Waals surface area contributed by atoms with Crippen molar-refractivity contribution in [1.29, 1.82) is 0 Å². The maximum Gasteiger partial charge on any atom is 0.325 e. The van der Waals surface area contributed by atoms with E-state index in [1.165, 1.54) is 0 Å². The second-order valence-electron chi connectivity index (χ2n) is 7.35. The third-order valence-corrected chi connectivity index (χ3v) is 5.50. The van der Waals surface area contributed by atoms with E-state index in [9.17, 15) is 14.4 Å². The third-order valence-electron chi connectivity index (χ3n) is 5.25. The Morgan fingerprint density at radius 2 is 1.96 bits per heavy atom. The molecule has 0 radical (unpaired) electrons. The molecule has 8 heteroatoms. The molecule has 2 aromatic rings. The van der Waals surface area contributed by atoms with Crippen LogP contribution in [0.25, 0.3) is 11.3 Å². The van der Waals surface area contributed by atoms with Crippen LogP contribution in [0.5, 0.6) is 0 Å². The van der Waals surface area contributed by atoms with Gasteiger partial charge in [0.1, 0.15) is 23.6 Å². The first-order chi connectivity index (χ1) is 13.4. The molecule has 2 heterocycles. The van der Waals surface area contributed by atoms with Gasteiger partial charge in [0.25, 0.3) is 5.91 Å². The molecule has 7 nitrogen and oxygen atoms in total. The predicted molar refractivity (Wildman–Crippen MR) is 102 cm³/mol. The fourth-order valence-corrected chi connectivity index (χ4v) is 3.55. The Balaban J connectivity index is 1.33. The average Bonchev–Trinajstić information content (AvgIpc) is 3.39. The topological polar surface area (TPSA) is 91.7 Å². The zero-order valence-corrected chi connectivity index (χ0v) is 16.1. The van der Waals surface area contributed by atoms with E-state index >= 15 is 0 Å². The molecule has 0 bridgehead atoms. The van der Waals surface area contributed by atoms with Crippen molar-refractivity contribution >= 4 is 29.4 Å². The summed E-state index contributed by atoms with van der Waals surface area (Å²) in [5.41, 5.74) is -0.00746. The summed E-state index contributed by atoms with van der Waals surface area (Å²) in [5.74, 6) is 0.631. The van der Waals surface area contributed by atoms with E-state index in [1.54, 1.807) is 25.1 Å². The fraction of sp³-hybridized carbons (Fsp3) is 0.350. The summed E-state index contributed by atoms with van der Waals surface area (Å²) >= 11 is 5.88. The highest BCUT2D eigenvalue weighted by Crippen LogP contribution is 2.42. The van der Waals surface area contributed by atoms with E-state index in [1.807, 2.05) is 18.2 Å². The zero-order valence-electron chi connectivity index (χ0n) is 15.3. The Morgan fingerprint density at radius 1 is 1.25 bits per heavy atom. The Bertz CT molecular complexity index is 935. The number of amides is 4. The van der Waals surface area contributed by atoms with E-state index in [4.69, 9.17) is 16.0 Å². The summed E-state index contributed by atoms with van der Waals surface area (Å²) in [6.07, 6.45) is 1.83. The van der Waals surface area contributed by atoms with Gasteiger partial charge in [-0.2, -0.15) is 0 Å². The minimum atomic E-state index is -0.883. The minimum absolute atomic E-state index is 0.159. The predicted octanol–water partition coefficient (Wildman–Crippen LogP) is 2.94. The van der Waals surface area contributed by atoms with Gasteiger partial charge in [-0.3, -0.25) is 14.5 Å². The second kappa shape index (κ2) is 6.98. The zero-order chi connectivity index (χ0) is 19.9. The van der Waals surface area contributed by atoms with Gasteiger partial charge in [0, 0.05) is 10.6 Å². The number of urea groups is 1. The highest BCUT2D eigenvalue weighted by molar-refractivity contribution is 6.30.